The molecule has 0 saturated carbocycles. The third-order valence-corrected chi connectivity index (χ3v) is 1.74. The second-order valence-electron chi connectivity index (χ2n) is 2.71. The number of aliphatic imine (C=N–C) groups is 1. The zero-order valence-electron chi connectivity index (χ0n) is 7.61. The molecule has 0 saturated heterocycles. The fraction of sp³-hybridized carbons (Fsp3) is 0.0833. The molecule has 0 heterocycles. The molecule has 0 atom stereocenters. The Labute approximate surface area is 79.1 Å². The van der Waals surface area contributed by atoms with Crippen molar-refractivity contribution >= 4 is 6.72 Å². The first-order valence-corrected chi connectivity index (χ1v) is 4.19. The van der Waals surface area contributed by atoms with E-state index < -0.39 is 0 Å². The Hall–Kier alpha value is -1.63. The Bertz CT molecular complexity index is 309. The van der Waals surface area contributed by atoms with E-state index >= 15 is 0 Å². The van der Waals surface area contributed by atoms with Gasteiger partial charge in [0.15, 0.2) is 0 Å². The first kappa shape index (κ1) is 9.46. The first-order valence-electron chi connectivity index (χ1n) is 4.19. The maximum atomic E-state index is 3.91. The molecule has 0 aromatic heterocycles. The largest absolute Gasteiger partial charge is 0.269 e. The van der Waals surface area contributed by atoms with Crippen molar-refractivity contribution in [3.8, 4) is 0 Å². The summed E-state index contributed by atoms with van der Waals surface area (Å²) in [5.74, 6) is 0. The lowest BCUT2D eigenvalue weighted by atomic mass is 10.1. The van der Waals surface area contributed by atoms with Gasteiger partial charge in [0.25, 0.3) is 0 Å². The third-order valence-electron chi connectivity index (χ3n) is 1.74. The molecular weight excluding hydrogens is 158 g/mol. The summed E-state index contributed by atoms with van der Waals surface area (Å²) in [6, 6.07) is 10.2. The molecular formula is C12H13N. The highest BCUT2D eigenvalue weighted by Crippen LogP contribution is 2.08. The highest BCUT2D eigenvalue weighted by molar-refractivity contribution is 5.32. The Morgan fingerprint density at radius 1 is 1.31 bits per heavy atom. The number of rotatable bonds is 4. The van der Waals surface area contributed by atoms with Crippen LogP contribution in [0, 0.1) is 0 Å². The number of allylic oxidation sites excluding steroid dienone is 3. The topological polar surface area (TPSA) is 12.4 Å². The molecule has 0 aliphatic carbocycles. The molecule has 1 heteroatoms. The van der Waals surface area contributed by atoms with Gasteiger partial charge in [-0.2, -0.15) is 0 Å². The zero-order valence-corrected chi connectivity index (χ0v) is 7.61. The minimum absolute atomic E-state index is 0.816. The zero-order chi connectivity index (χ0) is 9.52. The second-order valence-corrected chi connectivity index (χ2v) is 2.71. The average Bonchev–Trinajstić information content (AvgIpc) is 2.19. The van der Waals surface area contributed by atoms with Gasteiger partial charge in [0.2, 0.25) is 0 Å². The highest BCUT2D eigenvalue weighted by Gasteiger charge is 1.94. The van der Waals surface area contributed by atoms with Gasteiger partial charge in [-0.3, -0.25) is 4.99 Å². The molecule has 13 heavy (non-hydrogen) atoms. The molecule has 1 aromatic carbocycles. The van der Waals surface area contributed by atoms with Gasteiger partial charge in [-0.25, -0.2) is 0 Å². The summed E-state index contributed by atoms with van der Waals surface area (Å²) in [4.78, 5) is 3.91. The maximum Gasteiger partial charge on any atom is 0.0439 e. The smallest absolute Gasteiger partial charge is 0.0439 e. The molecule has 1 nitrogen and oxygen atoms in total. The van der Waals surface area contributed by atoms with Gasteiger partial charge in [-0.1, -0.05) is 43.0 Å². The molecule has 0 bridgehead atoms. The van der Waals surface area contributed by atoms with Crippen LogP contribution in [0.1, 0.15) is 5.56 Å². The van der Waals surface area contributed by atoms with E-state index in [1.165, 1.54) is 5.56 Å². The predicted molar refractivity (Wildman–Crippen MR) is 58.0 cm³/mol. The van der Waals surface area contributed by atoms with Crippen molar-refractivity contribution < 1.29 is 0 Å². The molecule has 0 spiro atoms. The van der Waals surface area contributed by atoms with E-state index in [1.807, 2.05) is 24.3 Å². The van der Waals surface area contributed by atoms with E-state index in [0.29, 0.717) is 0 Å². The van der Waals surface area contributed by atoms with Crippen molar-refractivity contribution in [1.82, 2.24) is 0 Å². The van der Waals surface area contributed by atoms with E-state index in [2.05, 4.69) is 30.4 Å². The predicted octanol–water partition coefficient (Wildman–Crippen LogP) is 3.00. The monoisotopic (exact) mass is 171 g/mol. The normalized spacial score (nSPS) is 10.9. The number of hydrogen-bond acceptors (Lipinski definition) is 1. The van der Waals surface area contributed by atoms with Gasteiger partial charge in [-0.15, -0.1) is 0 Å². The molecule has 66 valence electrons. The van der Waals surface area contributed by atoms with Crippen molar-refractivity contribution in [2.45, 2.75) is 6.42 Å². The van der Waals surface area contributed by atoms with Crippen molar-refractivity contribution in [2.75, 3.05) is 0 Å². The van der Waals surface area contributed by atoms with Crippen LogP contribution in [0.25, 0.3) is 0 Å². The SMILES string of the molecule is C=C/C=C(/Cc1ccccc1)N=C. The van der Waals surface area contributed by atoms with Gasteiger partial charge in [-0.05, 0) is 18.4 Å². The third kappa shape index (κ3) is 3.08. The molecule has 0 aliphatic rings. The van der Waals surface area contributed by atoms with Crippen LogP contribution < -0.4 is 0 Å². The van der Waals surface area contributed by atoms with Gasteiger partial charge < -0.3 is 0 Å². The van der Waals surface area contributed by atoms with E-state index in [1.54, 1.807) is 6.08 Å². The van der Waals surface area contributed by atoms with Gasteiger partial charge in [0.05, 0.1) is 0 Å². The number of hydrogen-bond donors (Lipinski definition) is 0. The van der Waals surface area contributed by atoms with Crippen molar-refractivity contribution in [2.24, 2.45) is 4.99 Å². The van der Waals surface area contributed by atoms with Crippen molar-refractivity contribution in [3.63, 3.8) is 0 Å². The minimum atomic E-state index is 0.816. The van der Waals surface area contributed by atoms with Crippen LogP contribution in [-0.2, 0) is 6.42 Å². The quantitative estimate of drug-likeness (QED) is 0.488. The summed E-state index contributed by atoms with van der Waals surface area (Å²) >= 11 is 0. The fourth-order valence-electron chi connectivity index (χ4n) is 1.11. The molecule has 0 radical (unpaired) electrons. The van der Waals surface area contributed by atoms with E-state index in [4.69, 9.17) is 0 Å². The molecule has 0 amide bonds. The van der Waals surface area contributed by atoms with E-state index in [-0.39, 0.29) is 0 Å². The van der Waals surface area contributed by atoms with Crippen LogP contribution in [0.4, 0.5) is 0 Å². The number of benzene rings is 1. The van der Waals surface area contributed by atoms with E-state index in [0.717, 1.165) is 12.1 Å². The Morgan fingerprint density at radius 2 is 2.00 bits per heavy atom. The van der Waals surface area contributed by atoms with E-state index in [9.17, 15) is 0 Å². The maximum absolute atomic E-state index is 3.91. The summed E-state index contributed by atoms with van der Waals surface area (Å²) in [7, 11) is 0. The Balaban J connectivity index is 2.73. The van der Waals surface area contributed by atoms with Crippen molar-refractivity contribution in [3.05, 3.63) is 60.3 Å². The first-order chi connectivity index (χ1) is 6.36. The van der Waals surface area contributed by atoms with Gasteiger partial charge in [0.1, 0.15) is 0 Å². The Morgan fingerprint density at radius 3 is 2.54 bits per heavy atom. The minimum Gasteiger partial charge on any atom is -0.269 e. The molecule has 0 unspecified atom stereocenters. The average molecular weight is 171 g/mol. The highest BCUT2D eigenvalue weighted by atomic mass is 14.7. The summed E-state index contributed by atoms with van der Waals surface area (Å²) in [6.45, 7) is 7.14. The lowest BCUT2D eigenvalue weighted by Crippen LogP contribution is -1.86. The van der Waals surface area contributed by atoms with Crippen molar-refractivity contribution in [1.29, 1.82) is 0 Å². The molecule has 0 N–H and O–H groups in total. The summed E-state index contributed by atoms with van der Waals surface area (Å²) < 4.78 is 0. The lowest BCUT2D eigenvalue weighted by Gasteiger charge is -1.99. The molecule has 1 rings (SSSR count). The lowest BCUT2D eigenvalue weighted by molar-refractivity contribution is 1.12. The molecule has 0 aliphatic heterocycles. The standard InChI is InChI=1S/C12H13N/c1-3-7-12(13-2)10-11-8-5-4-6-9-11/h3-9H,1-2,10H2/b12-7-. The van der Waals surface area contributed by atoms with Crippen LogP contribution in [0.2, 0.25) is 0 Å². The summed E-state index contributed by atoms with van der Waals surface area (Å²) in [5, 5.41) is 0. The summed E-state index contributed by atoms with van der Waals surface area (Å²) in [5.41, 5.74) is 2.18. The molecule has 1 aromatic rings. The van der Waals surface area contributed by atoms with Crippen LogP contribution >= 0.6 is 0 Å². The molecule has 0 fully saturated rings. The number of nitrogens with zero attached hydrogens (tertiary/aromatic N) is 1. The van der Waals surface area contributed by atoms with Crippen LogP contribution in [0.3, 0.4) is 0 Å². The van der Waals surface area contributed by atoms with Gasteiger partial charge in [0, 0.05) is 12.1 Å². The Kier molecular flexibility index (Phi) is 3.71. The van der Waals surface area contributed by atoms with Crippen LogP contribution in [0.15, 0.2) is 59.8 Å². The summed E-state index contributed by atoms with van der Waals surface area (Å²) in [6.07, 6.45) is 4.42. The fourth-order valence-corrected chi connectivity index (χ4v) is 1.11. The van der Waals surface area contributed by atoms with Gasteiger partial charge >= 0.3 is 0 Å². The van der Waals surface area contributed by atoms with Crippen LogP contribution in [0.5, 0.6) is 0 Å². The second kappa shape index (κ2) is 5.09. The van der Waals surface area contributed by atoms with Crippen LogP contribution in [-0.4, -0.2) is 6.72 Å².